The maximum atomic E-state index is 13.3. The molecule has 1 fully saturated rings. The summed E-state index contributed by atoms with van der Waals surface area (Å²) < 4.78 is 41.5. The first-order valence-corrected chi connectivity index (χ1v) is 12.9. The third-order valence-corrected chi connectivity index (χ3v) is 9.44. The minimum atomic E-state index is -3.76. The van der Waals surface area contributed by atoms with E-state index >= 15 is 0 Å². The summed E-state index contributed by atoms with van der Waals surface area (Å²) in [6.45, 7) is 3.75. The van der Waals surface area contributed by atoms with Gasteiger partial charge in [0.1, 0.15) is 11.6 Å². The number of benzene rings is 2. The van der Waals surface area contributed by atoms with Crippen LogP contribution in [0.25, 0.3) is 5.69 Å². The Morgan fingerprint density at radius 1 is 1.18 bits per heavy atom. The van der Waals surface area contributed by atoms with Gasteiger partial charge in [-0.1, -0.05) is 42.6 Å². The lowest BCUT2D eigenvalue weighted by atomic mass is 9.81. The van der Waals surface area contributed by atoms with Crippen molar-refractivity contribution in [2.75, 3.05) is 0 Å². The van der Waals surface area contributed by atoms with E-state index in [0.717, 1.165) is 28.9 Å². The Hall–Kier alpha value is -2.51. The largest absolute Gasteiger partial charge is 0.299 e. The molecule has 1 aromatic heterocycles. The summed E-state index contributed by atoms with van der Waals surface area (Å²) >= 11 is 6.33. The van der Waals surface area contributed by atoms with Crippen LogP contribution in [0.2, 0.25) is 5.15 Å². The Morgan fingerprint density at radius 3 is 2.52 bits per heavy atom. The van der Waals surface area contributed by atoms with Crippen LogP contribution in [0.4, 0.5) is 4.39 Å². The van der Waals surface area contributed by atoms with Crippen LogP contribution in [0.15, 0.2) is 59.6 Å². The summed E-state index contributed by atoms with van der Waals surface area (Å²) in [5.74, 6) is -0.600. The van der Waals surface area contributed by atoms with Gasteiger partial charge in [-0.2, -0.15) is 5.10 Å². The Bertz CT molecular complexity index is 1270. The van der Waals surface area contributed by atoms with Gasteiger partial charge in [0.2, 0.25) is 0 Å². The van der Waals surface area contributed by atoms with Crippen molar-refractivity contribution in [1.29, 1.82) is 0 Å². The fourth-order valence-corrected chi connectivity index (χ4v) is 7.14. The van der Waals surface area contributed by atoms with E-state index in [9.17, 15) is 17.6 Å². The molecule has 1 aliphatic carbocycles. The average molecular weight is 489 g/mol. The number of sulfone groups is 1. The van der Waals surface area contributed by atoms with E-state index in [1.807, 2.05) is 37.4 Å². The number of ketones is 1. The molecule has 2 aromatic carbocycles. The van der Waals surface area contributed by atoms with E-state index in [1.54, 1.807) is 11.6 Å². The zero-order valence-electron chi connectivity index (χ0n) is 18.6. The van der Waals surface area contributed by atoms with Gasteiger partial charge < -0.3 is 0 Å². The number of halogens is 2. The van der Waals surface area contributed by atoms with Crippen molar-refractivity contribution in [1.82, 2.24) is 9.78 Å². The highest BCUT2D eigenvalue weighted by molar-refractivity contribution is 7.92. The number of carbonyl (C=O) groups excluding carboxylic acids is 1. The van der Waals surface area contributed by atoms with Crippen LogP contribution in [0.1, 0.15) is 43.7 Å². The second kappa shape index (κ2) is 9.03. The molecule has 1 saturated carbocycles. The zero-order valence-corrected chi connectivity index (χ0v) is 20.2. The van der Waals surface area contributed by atoms with E-state index in [0.29, 0.717) is 30.8 Å². The highest BCUT2D eigenvalue weighted by Gasteiger charge is 2.50. The first kappa shape index (κ1) is 23.6. The summed E-state index contributed by atoms with van der Waals surface area (Å²) in [4.78, 5) is 13.4. The van der Waals surface area contributed by atoms with Crippen LogP contribution in [-0.2, 0) is 21.1 Å². The quantitative estimate of drug-likeness (QED) is 0.411. The lowest BCUT2D eigenvalue weighted by Crippen LogP contribution is -2.40. The van der Waals surface area contributed by atoms with Gasteiger partial charge in [0.05, 0.1) is 15.8 Å². The first-order chi connectivity index (χ1) is 15.6. The Kier molecular flexibility index (Phi) is 6.47. The topological polar surface area (TPSA) is 69.0 Å². The maximum absolute atomic E-state index is 13.3. The molecule has 2 unspecified atom stereocenters. The molecule has 0 spiro atoms. The van der Waals surface area contributed by atoms with Gasteiger partial charge >= 0.3 is 0 Å². The van der Waals surface area contributed by atoms with Crippen molar-refractivity contribution in [3.05, 3.63) is 76.8 Å². The van der Waals surface area contributed by atoms with Gasteiger partial charge in [-0.05, 0) is 62.6 Å². The average Bonchev–Trinajstić information content (AvgIpc) is 3.36. The number of aromatic nitrogens is 2. The molecular formula is C25H26ClFN2O3S. The van der Waals surface area contributed by atoms with Crippen LogP contribution in [0.5, 0.6) is 0 Å². The monoisotopic (exact) mass is 488 g/mol. The van der Waals surface area contributed by atoms with Crippen molar-refractivity contribution in [2.24, 2.45) is 5.41 Å². The van der Waals surface area contributed by atoms with Crippen molar-refractivity contribution in [2.45, 2.75) is 56.1 Å². The molecular weight excluding hydrogens is 463 g/mol. The van der Waals surface area contributed by atoms with Crippen LogP contribution < -0.4 is 0 Å². The highest BCUT2D eigenvalue weighted by Crippen LogP contribution is 2.45. The lowest BCUT2D eigenvalue weighted by molar-refractivity contribution is -0.127. The number of hydrogen-bond donors (Lipinski definition) is 0. The van der Waals surface area contributed by atoms with Gasteiger partial charge in [0.15, 0.2) is 15.0 Å². The molecule has 0 bridgehead atoms. The molecule has 0 amide bonds. The summed E-state index contributed by atoms with van der Waals surface area (Å²) in [5, 5.41) is 3.85. The second-order valence-corrected chi connectivity index (χ2v) is 11.4. The molecule has 2 atom stereocenters. The molecule has 174 valence electrons. The number of aryl methyl sites for hydroxylation is 2. The zero-order chi connectivity index (χ0) is 23.8. The van der Waals surface area contributed by atoms with Gasteiger partial charge in [-0.3, -0.25) is 4.79 Å². The molecule has 33 heavy (non-hydrogen) atoms. The van der Waals surface area contributed by atoms with Crippen molar-refractivity contribution < 1.29 is 17.6 Å². The van der Waals surface area contributed by atoms with Crippen LogP contribution >= 0.6 is 11.6 Å². The SMILES string of the molecule is Cc1ccc(-n2cc(CCC(=O)C3(C)CCCC3S(=O)(=O)c3ccc(F)cc3)c(Cl)n2)cc1. The van der Waals surface area contributed by atoms with Crippen LogP contribution in [0, 0.1) is 18.2 Å². The number of rotatable bonds is 7. The minimum Gasteiger partial charge on any atom is -0.299 e. The molecule has 0 saturated heterocycles. The van der Waals surface area contributed by atoms with E-state index < -0.39 is 26.3 Å². The third kappa shape index (κ3) is 4.62. The molecule has 0 radical (unpaired) electrons. The minimum absolute atomic E-state index is 0.0530. The Balaban J connectivity index is 1.51. The third-order valence-electron chi connectivity index (χ3n) is 6.69. The molecule has 3 aromatic rings. The molecule has 4 rings (SSSR count). The fraction of sp³-hybridized carbons (Fsp3) is 0.360. The van der Waals surface area contributed by atoms with Gasteiger partial charge in [0.25, 0.3) is 0 Å². The van der Waals surface area contributed by atoms with Gasteiger partial charge in [0, 0.05) is 23.6 Å². The molecule has 0 N–H and O–H groups in total. The summed E-state index contributed by atoms with van der Waals surface area (Å²) in [5.41, 5.74) is 1.75. The smallest absolute Gasteiger partial charge is 0.182 e. The van der Waals surface area contributed by atoms with Crippen molar-refractivity contribution >= 4 is 27.2 Å². The normalized spacial score (nSPS) is 20.8. The predicted octanol–water partition coefficient (Wildman–Crippen LogP) is 5.51. The predicted molar refractivity (Wildman–Crippen MR) is 126 cm³/mol. The number of nitrogens with zero attached hydrogens (tertiary/aromatic N) is 2. The van der Waals surface area contributed by atoms with E-state index in [1.165, 1.54) is 12.1 Å². The van der Waals surface area contributed by atoms with Gasteiger partial charge in [-0.25, -0.2) is 17.5 Å². The molecule has 5 nitrogen and oxygen atoms in total. The first-order valence-electron chi connectivity index (χ1n) is 10.9. The number of carbonyl (C=O) groups is 1. The van der Waals surface area contributed by atoms with E-state index in [-0.39, 0.29) is 17.1 Å². The van der Waals surface area contributed by atoms with Crippen molar-refractivity contribution in [3.63, 3.8) is 0 Å². The Labute approximate surface area is 198 Å². The van der Waals surface area contributed by atoms with Crippen LogP contribution in [-0.4, -0.2) is 29.2 Å². The van der Waals surface area contributed by atoms with Crippen molar-refractivity contribution in [3.8, 4) is 5.69 Å². The summed E-state index contributed by atoms with van der Waals surface area (Å²) in [7, 11) is -3.76. The molecule has 1 heterocycles. The summed E-state index contributed by atoms with van der Waals surface area (Å²) in [6.07, 6.45) is 3.93. The van der Waals surface area contributed by atoms with E-state index in [4.69, 9.17) is 11.6 Å². The van der Waals surface area contributed by atoms with Crippen LogP contribution in [0.3, 0.4) is 0 Å². The van der Waals surface area contributed by atoms with E-state index in [2.05, 4.69) is 5.10 Å². The molecule has 1 aliphatic rings. The fourth-order valence-electron chi connectivity index (χ4n) is 4.66. The maximum Gasteiger partial charge on any atom is 0.182 e. The lowest BCUT2D eigenvalue weighted by Gasteiger charge is -2.30. The highest BCUT2D eigenvalue weighted by atomic mass is 35.5. The standard InChI is InChI=1S/C25H26ClFN2O3S/c1-17-5-10-20(11-6-17)29-16-18(24(26)28-29)7-14-22(30)25(2)15-3-4-23(25)33(31,32)21-12-8-19(27)9-13-21/h5-6,8-13,16,23H,3-4,7,14-15H2,1-2H3. The Morgan fingerprint density at radius 2 is 1.85 bits per heavy atom. The summed E-state index contributed by atoms with van der Waals surface area (Å²) in [6, 6.07) is 12.7. The number of hydrogen-bond acceptors (Lipinski definition) is 4. The number of Topliss-reactive ketones (excluding diaryl/α,β-unsaturated/α-hetero) is 1. The molecule has 8 heteroatoms. The van der Waals surface area contributed by atoms with Gasteiger partial charge in [-0.15, -0.1) is 0 Å². The second-order valence-electron chi connectivity index (χ2n) is 8.95. The molecule has 0 aliphatic heterocycles.